The molecule has 0 spiro atoms. The summed E-state index contributed by atoms with van der Waals surface area (Å²) < 4.78 is 11.5. The minimum Gasteiger partial charge on any atom is -0.493 e. The molecule has 0 fully saturated rings. The number of hydrogen-bond acceptors (Lipinski definition) is 5. The molecule has 3 N–H and O–H groups in total. The summed E-state index contributed by atoms with van der Waals surface area (Å²) in [6.07, 6.45) is 0.881. The molecule has 2 aromatic carbocycles. The smallest absolute Gasteiger partial charge is 0.261 e. The van der Waals surface area contributed by atoms with Gasteiger partial charge in [-0.2, -0.15) is 0 Å². The summed E-state index contributed by atoms with van der Waals surface area (Å²) in [6.45, 7) is 5.58. The zero-order chi connectivity index (χ0) is 23.5. The van der Waals surface area contributed by atoms with E-state index in [1.165, 1.54) is 0 Å². The van der Waals surface area contributed by atoms with Gasteiger partial charge in [0.05, 0.1) is 18.8 Å². The van der Waals surface area contributed by atoms with E-state index >= 15 is 0 Å². The largest absolute Gasteiger partial charge is 0.493 e. The maximum Gasteiger partial charge on any atom is 0.261 e. The highest BCUT2D eigenvalue weighted by Crippen LogP contribution is 2.24. The molecule has 0 bridgehead atoms. The predicted molar refractivity (Wildman–Crippen MR) is 133 cm³/mol. The van der Waals surface area contributed by atoms with Crippen molar-refractivity contribution < 1.29 is 19.1 Å². The number of hydrogen-bond donors (Lipinski definition) is 3. The standard InChI is InChI=1S/C23H28BrN3O4S/c1-15(2)9-11-31-20-8-7-17(24)14-19(20)22(29)27-23(32)26-18-6-4-5-16(13-18)21(28)25-10-12-30-3/h4-8,13-15H,9-12H2,1-3H3,(H,25,28)(H2,26,27,29,32). The van der Waals surface area contributed by atoms with E-state index in [4.69, 9.17) is 21.7 Å². The van der Waals surface area contributed by atoms with Gasteiger partial charge in [-0.25, -0.2) is 0 Å². The zero-order valence-electron chi connectivity index (χ0n) is 18.4. The van der Waals surface area contributed by atoms with E-state index in [9.17, 15) is 9.59 Å². The third-order valence-corrected chi connectivity index (χ3v) is 5.04. The number of nitrogens with one attached hydrogen (secondary N) is 3. The molecule has 172 valence electrons. The first kappa shape index (κ1) is 25.8. The lowest BCUT2D eigenvalue weighted by Crippen LogP contribution is -2.34. The molecule has 0 saturated heterocycles. The molecule has 7 nitrogen and oxygen atoms in total. The molecule has 2 aromatic rings. The normalized spacial score (nSPS) is 10.5. The SMILES string of the molecule is COCCNC(=O)c1cccc(NC(=S)NC(=O)c2cc(Br)ccc2OCCC(C)C)c1. The number of carbonyl (C=O) groups is 2. The summed E-state index contributed by atoms with van der Waals surface area (Å²) in [5.41, 5.74) is 1.42. The Kier molecular flexibility index (Phi) is 10.6. The van der Waals surface area contributed by atoms with Gasteiger partial charge in [0.1, 0.15) is 5.75 Å². The Bertz CT molecular complexity index is 953. The molecule has 0 aliphatic heterocycles. The van der Waals surface area contributed by atoms with Crippen molar-refractivity contribution in [1.29, 1.82) is 0 Å². The van der Waals surface area contributed by atoms with E-state index < -0.39 is 5.91 Å². The lowest BCUT2D eigenvalue weighted by Gasteiger charge is -2.14. The third-order valence-electron chi connectivity index (χ3n) is 4.34. The average Bonchev–Trinajstić information content (AvgIpc) is 2.74. The molecule has 0 aromatic heterocycles. The Labute approximate surface area is 202 Å². The second-order valence-electron chi connectivity index (χ2n) is 7.41. The first-order valence-electron chi connectivity index (χ1n) is 10.2. The van der Waals surface area contributed by atoms with Crippen LogP contribution in [0.4, 0.5) is 5.69 Å². The van der Waals surface area contributed by atoms with Gasteiger partial charge in [-0.05, 0) is 61.0 Å². The van der Waals surface area contributed by atoms with Crippen LogP contribution in [0, 0.1) is 5.92 Å². The van der Waals surface area contributed by atoms with E-state index in [2.05, 4.69) is 45.7 Å². The summed E-state index contributed by atoms with van der Waals surface area (Å²) in [5, 5.41) is 8.47. The molecular weight excluding hydrogens is 494 g/mol. The third kappa shape index (κ3) is 8.57. The van der Waals surface area contributed by atoms with Crippen LogP contribution in [0.3, 0.4) is 0 Å². The van der Waals surface area contributed by atoms with Gasteiger partial charge >= 0.3 is 0 Å². The van der Waals surface area contributed by atoms with Gasteiger partial charge < -0.3 is 20.1 Å². The lowest BCUT2D eigenvalue weighted by atomic mass is 10.1. The molecule has 2 rings (SSSR count). The first-order chi connectivity index (χ1) is 15.3. The fraction of sp³-hybridized carbons (Fsp3) is 0.348. The molecule has 0 heterocycles. The van der Waals surface area contributed by atoms with Crippen molar-refractivity contribution in [3.05, 3.63) is 58.1 Å². The van der Waals surface area contributed by atoms with Crippen molar-refractivity contribution in [3.8, 4) is 5.75 Å². The predicted octanol–water partition coefficient (Wildman–Crippen LogP) is 4.38. The number of benzene rings is 2. The highest BCUT2D eigenvalue weighted by atomic mass is 79.9. The number of methoxy groups -OCH3 is 1. The van der Waals surface area contributed by atoms with Gasteiger partial charge in [0.25, 0.3) is 11.8 Å². The van der Waals surface area contributed by atoms with Crippen molar-refractivity contribution in [2.45, 2.75) is 20.3 Å². The van der Waals surface area contributed by atoms with Gasteiger partial charge in [-0.1, -0.05) is 35.8 Å². The van der Waals surface area contributed by atoms with Crippen molar-refractivity contribution >= 4 is 50.8 Å². The van der Waals surface area contributed by atoms with Gasteiger partial charge in [-0.15, -0.1) is 0 Å². The Balaban J connectivity index is 2.01. The summed E-state index contributed by atoms with van der Waals surface area (Å²) in [4.78, 5) is 25.0. The molecular formula is C23H28BrN3O4S. The van der Waals surface area contributed by atoms with Crippen LogP contribution < -0.4 is 20.7 Å². The van der Waals surface area contributed by atoms with Crippen LogP contribution in [-0.4, -0.2) is 43.8 Å². The number of thiocarbonyl (C=S) groups is 1. The van der Waals surface area contributed by atoms with Gasteiger partial charge in [0.2, 0.25) is 0 Å². The Morgan fingerprint density at radius 2 is 1.88 bits per heavy atom. The highest BCUT2D eigenvalue weighted by Gasteiger charge is 2.15. The fourth-order valence-electron chi connectivity index (χ4n) is 2.65. The second-order valence-corrected chi connectivity index (χ2v) is 8.73. The van der Waals surface area contributed by atoms with Crippen molar-refractivity contribution in [2.75, 3.05) is 32.2 Å². The molecule has 0 aliphatic carbocycles. The van der Waals surface area contributed by atoms with Crippen LogP contribution in [0.2, 0.25) is 0 Å². The number of carbonyl (C=O) groups excluding carboxylic acids is 2. The molecule has 0 atom stereocenters. The second kappa shape index (κ2) is 13.1. The molecule has 0 radical (unpaired) electrons. The number of anilines is 1. The van der Waals surface area contributed by atoms with Crippen molar-refractivity contribution in [3.63, 3.8) is 0 Å². The Morgan fingerprint density at radius 1 is 1.09 bits per heavy atom. The topological polar surface area (TPSA) is 88.7 Å². The number of amides is 2. The van der Waals surface area contributed by atoms with Crippen LogP contribution >= 0.6 is 28.1 Å². The number of halogens is 1. The van der Waals surface area contributed by atoms with E-state index in [0.29, 0.717) is 48.2 Å². The fourth-order valence-corrected chi connectivity index (χ4v) is 3.22. The van der Waals surface area contributed by atoms with Crippen LogP contribution in [0.1, 0.15) is 41.0 Å². The van der Waals surface area contributed by atoms with Gasteiger partial charge in [-0.3, -0.25) is 14.9 Å². The van der Waals surface area contributed by atoms with Gasteiger partial charge in [0, 0.05) is 29.4 Å². The van der Waals surface area contributed by atoms with Crippen LogP contribution in [-0.2, 0) is 4.74 Å². The summed E-state index contributed by atoms with van der Waals surface area (Å²) in [7, 11) is 1.57. The minimum atomic E-state index is -0.392. The summed E-state index contributed by atoms with van der Waals surface area (Å²) in [6, 6.07) is 12.1. The lowest BCUT2D eigenvalue weighted by molar-refractivity contribution is 0.0935. The Hall–Kier alpha value is -2.49. The number of rotatable bonds is 10. The molecule has 2 amide bonds. The van der Waals surface area contributed by atoms with Crippen molar-refractivity contribution in [2.24, 2.45) is 5.92 Å². The average molecular weight is 522 g/mol. The van der Waals surface area contributed by atoms with Crippen LogP contribution in [0.25, 0.3) is 0 Å². The molecule has 0 aliphatic rings. The molecule has 0 saturated carbocycles. The monoisotopic (exact) mass is 521 g/mol. The van der Waals surface area contributed by atoms with E-state index in [0.717, 1.165) is 10.9 Å². The minimum absolute atomic E-state index is 0.111. The van der Waals surface area contributed by atoms with E-state index in [1.54, 1.807) is 43.5 Å². The Morgan fingerprint density at radius 3 is 2.59 bits per heavy atom. The first-order valence-corrected chi connectivity index (χ1v) is 11.4. The quantitative estimate of drug-likeness (QED) is 0.317. The molecule has 0 unspecified atom stereocenters. The van der Waals surface area contributed by atoms with Crippen LogP contribution in [0.15, 0.2) is 46.9 Å². The summed E-state index contributed by atoms with van der Waals surface area (Å²) >= 11 is 8.68. The molecule has 32 heavy (non-hydrogen) atoms. The summed E-state index contributed by atoms with van der Waals surface area (Å²) in [5.74, 6) is 0.371. The van der Waals surface area contributed by atoms with E-state index in [1.807, 2.05) is 6.07 Å². The van der Waals surface area contributed by atoms with Gasteiger partial charge in [0.15, 0.2) is 5.11 Å². The van der Waals surface area contributed by atoms with E-state index in [-0.39, 0.29) is 11.0 Å². The zero-order valence-corrected chi connectivity index (χ0v) is 20.8. The number of ether oxygens (including phenoxy) is 2. The maximum absolute atomic E-state index is 12.8. The molecule has 9 heteroatoms. The van der Waals surface area contributed by atoms with Crippen molar-refractivity contribution in [1.82, 2.24) is 10.6 Å². The van der Waals surface area contributed by atoms with Crippen LogP contribution in [0.5, 0.6) is 5.75 Å². The maximum atomic E-state index is 12.8. The highest BCUT2D eigenvalue weighted by molar-refractivity contribution is 9.10.